The number of pyridine rings is 2. The zero-order chi connectivity index (χ0) is 11.4. The van der Waals surface area contributed by atoms with Crippen LogP contribution in [0.4, 0.5) is 0 Å². The summed E-state index contributed by atoms with van der Waals surface area (Å²) in [6, 6.07) is 11.6. The first kappa shape index (κ1) is 10.3. The SMILES string of the molecule is C=Cc1cccc(-c2cccc(C=C)n2)n1. The van der Waals surface area contributed by atoms with Gasteiger partial charge in [0, 0.05) is 0 Å². The highest BCUT2D eigenvalue weighted by Gasteiger charge is 2.01. The fourth-order valence-corrected chi connectivity index (χ4v) is 1.42. The minimum absolute atomic E-state index is 0.848. The largest absolute Gasteiger partial charge is 0.247 e. The second-order valence-electron chi connectivity index (χ2n) is 3.30. The summed E-state index contributed by atoms with van der Waals surface area (Å²) in [6.07, 6.45) is 3.45. The topological polar surface area (TPSA) is 25.8 Å². The van der Waals surface area contributed by atoms with Gasteiger partial charge in [0.15, 0.2) is 0 Å². The highest BCUT2D eigenvalue weighted by atomic mass is 14.8. The van der Waals surface area contributed by atoms with Crippen molar-refractivity contribution in [2.24, 2.45) is 0 Å². The Morgan fingerprint density at radius 3 is 1.56 bits per heavy atom. The van der Waals surface area contributed by atoms with Crippen molar-refractivity contribution in [2.45, 2.75) is 0 Å². The molecule has 0 saturated heterocycles. The van der Waals surface area contributed by atoms with Gasteiger partial charge < -0.3 is 0 Å². The van der Waals surface area contributed by atoms with Crippen molar-refractivity contribution in [3.63, 3.8) is 0 Å². The summed E-state index contributed by atoms with van der Waals surface area (Å²) in [5.74, 6) is 0. The Balaban J connectivity index is 2.49. The van der Waals surface area contributed by atoms with E-state index in [1.54, 1.807) is 12.2 Å². The van der Waals surface area contributed by atoms with Crippen LogP contribution < -0.4 is 0 Å². The molecule has 0 amide bonds. The molecule has 0 spiro atoms. The minimum atomic E-state index is 0.848. The molecular formula is C14H12N2. The van der Waals surface area contributed by atoms with E-state index in [0.717, 1.165) is 22.8 Å². The van der Waals surface area contributed by atoms with Crippen molar-refractivity contribution in [1.29, 1.82) is 0 Å². The summed E-state index contributed by atoms with van der Waals surface area (Å²) in [4.78, 5) is 8.84. The van der Waals surface area contributed by atoms with Crippen molar-refractivity contribution in [3.8, 4) is 11.4 Å². The third-order valence-corrected chi connectivity index (χ3v) is 2.22. The van der Waals surface area contributed by atoms with E-state index in [2.05, 4.69) is 23.1 Å². The first-order valence-corrected chi connectivity index (χ1v) is 5.03. The molecule has 16 heavy (non-hydrogen) atoms. The van der Waals surface area contributed by atoms with Gasteiger partial charge in [0.2, 0.25) is 0 Å². The van der Waals surface area contributed by atoms with Crippen LogP contribution in [0.5, 0.6) is 0 Å². The van der Waals surface area contributed by atoms with Crippen molar-refractivity contribution >= 4 is 12.2 Å². The van der Waals surface area contributed by atoms with Gasteiger partial charge in [-0.25, -0.2) is 9.97 Å². The monoisotopic (exact) mass is 208 g/mol. The van der Waals surface area contributed by atoms with Crippen molar-refractivity contribution in [3.05, 3.63) is 60.9 Å². The predicted molar refractivity (Wildman–Crippen MR) is 67.7 cm³/mol. The molecule has 0 aromatic carbocycles. The molecule has 0 bridgehead atoms. The zero-order valence-electron chi connectivity index (χ0n) is 8.93. The van der Waals surface area contributed by atoms with Gasteiger partial charge in [0.25, 0.3) is 0 Å². The highest BCUT2D eigenvalue weighted by Crippen LogP contribution is 2.15. The van der Waals surface area contributed by atoms with E-state index in [1.165, 1.54) is 0 Å². The second-order valence-corrected chi connectivity index (χ2v) is 3.30. The van der Waals surface area contributed by atoms with Crippen molar-refractivity contribution in [1.82, 2.24) is 9.97 Å². The molecule has 2 rings (SSSR count). The maximum atomic E-state index is 4.42. The number of rotatable bonds is 3. The third-order valence-electron chi connectivity index (χ3n) is 2.22. The van der Waals surface area contributed by atoms with Gasteiger partial charge in [-0.05, 0) is 36.4 Å². The molecule has 0 saturated carbocycles. The standard InChI is InChI=1S/C14H12N2/c1-3-11-7-5-9-13(15-11)14-10-6-8-12(4-2)16-14/h3-10H,1-2H2. The maximum Gasteiger partial charge on any atom is 0.0893 e. The fourth-order valence-electron chi connectivity index (χ4n) is 1.42. The van der Waals surface area contributed by atoms with E-state index in [4.69, 9.17) is 0 Å². The van der Waals surface area contributed by atoms with Crippen LogP contribution in [-0.2, 0) is 0 Å². The first-order valence-electron chi connectivity index (χ1n) is 5.03. The summed E-state index contributed by atoms with van der Waals surface area (Å²) in [5.41, 5.74) is 3.40. The van der Waals surface area contributed by atoms with E-state index in [0.29, 0.717) is 0 Å². The molecule has 2 aromatic heterocycles. The quantitative estimate of drug-likeness (QED) is 0.772. The molecule has 0 aliphatic carbocycles. The molecule has 2 heteroatoms. The fraction of sp³-hybridized carbons (Fsp3) is 0. The van der Waals surface area contributed by atoms with Crippen molar-refractivity contribution in [2.75, 3.05) is 0 Å². The van der Waals surface area contributed by atoms with E-state index < -0.39 is 0 Å². The van der Waals surface area contributed by atoms with Crippen LogP contribution in [0.1, 0.15) is 11.4 Å². The van der Waals surface area contributed by atoms with Crippen LogP contribution >= 0.6 is 0 Å². The predicted octanol–water partition coefficient (Wildman–Crippen LogP) is 3.43. The average Bonchev–Trinajstić information content (AvgIpc) is 2.39. The van der Waals surface area contributed by atoms with Crippen LogP contribution in [0.25, 0.3) is 23.5 Å². The Morgan fingerprint density at radius 2 is 1.19 bits per heavy atom. The van der Waals surface area contributed by atoms with Crippen LogP contribution in [-0.4, -0.2) is 9.97 Å². The smallest absolute Gasteiger partial charge is 0.0893 e. The molecule has 0 aliphatic rings. The van der Waals surface area contributed by atoms with Gasteiger partial charge in [-0.2, -0.15) is 0 Å². The molecule has 2 nitrogen and oxygen atoms in total. The van der Waals surface area contributed by atoms with Crippen LogP contribution in [0.15, 0.2) is 49.6 Å². The second kappa shape index (κ2) is 4.53. The normalized spacial score (nSPS) is 9.75. The van der Waals surface area contributed by atoms with Gasteiger partial charge in [-0.1, -0.05) is 25.3 Å². The molecular weight excluding hydrogens is 196 g/mol. The number of aromatic nitrogens is 2. The zero-order valence-corrected chi connectivity index (χ0v) is 8.93. The van der Waals surface area contributed by atoms with Gasteiger partial charge in [-0.15, -0.1) is 0 Å². The number of nitrogens with zero attached hydrogens (tertiary/aromatic N) is 2. The molecule has 2 heterocycles. The van der Waals surface area contributed by atoms with Crippen LogP contribution in [0.3, 0.4) is 0 Å². The first-order chi connectivity index (χ1) is 7.83. The van der Waals surface area contributed by atoms with E-state index in [-0.39, 0.29) is 0 Å². The molecule has 0 unspecified atom stereocenters. The molecule has 78 valence electrons. The average molecular weight is 208 g/mol. The lowest BCUT2D eigenvalue weighted by Crippen LogP contribution is -1.90. The molecule has 2 aromatic rings. The Morgan fingerprint density at radius 1 is 0.750 bits per heavy atom. The highest BCUT2D eigenvalue weighted by molar-refractivity contribution is 5.58. The Labute approximate surface area is 95.0 Å². The van der Waals surface area contributed by atoms with Crippen LogP contribution in [0, 0.1) is 0 Å². The summed E-state index contributed by atoms with van der Waals surface area (Å²) < 4.78 is 0. The van der Waals surface area contributed by atoms with E-state index >= 15 is 0 Å². The summed E-state index contributed by atoms with van der Waals surface area (Å²) in [6.45, 7) is 7.40. The Kier molecular flexibility index (Phi) is 2.92. The summed E-state index contributed by atoms with van der Waals surface area (Å²) in [7, 11) is 0. The van der Waals surface area contributed by atoms with Crippen LogP contribution in [0.2, 0.25) is 0 Å². The Hall–Kier alpha value is -2.22. The minimum Gasteiger partial charge on any atom is -0.247 e. The molecule has 0 atom stereocenters. The summed E-state index contributed by atoms with van der Waals surface area (Å²) in [5, 5.41) is 0. The summed E-state index contributed by atoms with van der Waals surface area (Å²) >= 11 is 0. The van der Waals surface area contributed by atoms with E-state index in [1.807, 2.05) is 36.4 Å². The van der Waals surface area contributed by atoms with Gasteiger partial charge in [-0.3, -0.25) is 0 Å². The maximum absolute atomic E-state index is 4.42. The molecule has 0 radical (unpaired) electrons. The number of hydrogen-bond donors (Lipinski definition) is 0. The van der Waals surface area contributed by atoms with Gasteiger partial charge >= 0.3 is 0 Å². The van der Waals surface area contributed by atoms with Gasteiger partial charge in [0.1, 0.15) is 0 Å². The van der Waals surface area contributed by atoms with Crippen molar-refractivity contribution < 1.29 is 0 Å². The lowest BCUT2D eigenvalue weighted by molar-refractivity contribution is 1.22. The lowest BCUT2D eigenvalue weighted by Gasteiger charge is -2.02. The lowest BCUT2D eigenvalue weighted by atomic mass is 10.2. The molecule has 0 N–H and O–H groups in total. The third kappa shape index (κ3) is 2.06. The van der Waals surface area contributed by atoms with E-state index in [9.17, 15) is 0 Å². The molecule has 0 aliphatic heterocycles. The number of hydrogen-bond acceptors (Lipinski definition) is 2. The molecule has 0 fully saturated rings. The van der Waals surface area contributed by atoms with Gasteiger partial charge in [0.05, 0.1) is 22.8 Å². The Bertz CT molecular complexity index is 480.